The molecule has 0 atom stereocenters. The number of aryl methyl sites for hydroxylation is 2. The first kappa shape index (κ1) is 55.8. The molecule has 0 amide bonds. The summed E-state index contributed by atoms with van der Waals surface area (Å²) in [7, 11) is -2.86. The first-order valence-corrected chi connectivity index (χ1v) is 32.8. The SMILES string of the molecule is Cc1ccnc(-c2[c-]cc([Si](C)(C)C)c3c2sc2ccccc23)c1.Cc1ccnc(-c2[c-]ccc3c2sc2cccc([Si](C)(C)C)c23)c1.[Ir].[Ir].[c-]1ccccc1-c1ccccn1.[c-]1ccccc1-c1ccccn1. The van der Waals surface area contributed by atoms with Crippen molar-refractivity contribution in [3.63, 3.8) is 0 Å². The molecule has 74 heavy (non-hydrogen) atoms. The smallest absolute Gasteiger partial charge is 0.0783 e. The van der Waals surface area contributed by atoms with E-state index in [-0.39, 0.29) is 40.2 Å². The Morgan fingerprint density at radius 1 is 0.392 bits per heavy atom. The van der Waals surface area contributed by atoms with Crippen molar-refractivity contribution in [1.29, 1.82) is 0 Å². The molecule has 0 aliphatic rings. The third-order valence-corrected chi connectivity index (χ3v) is 18.6. The Morgan fingerprint density at radius 3 is 1.43 bits per heavy atom. The van der Waals surface area contributed by atoms with Crippen LogP contribution in [0.25, 0.3) is 85.4 Å². The number of pyridine rings is 4. The maximum absolute atomic E-state index is 4.61. The van der Waals surface area contributed by atoms with Crippen LogP contribution in [0.1, 0.15) is 11.1 Å². The molecular weight excluding hydrogens is 1330 g/mol. The van der Waals surface area contributed by atoms with Gasteiger partial charge in [0.25, 0.3) is 0 Å². The van der Waals surface area contributed by atoms with E-state index in [4.69, 9.17) is 0 Å². The minimum Gasteiger partial charge on any atom is -0.305 e. The average Bonchev–Trinajstić information content (AvgIpc) is 3.99. The van der Waals surface area contributed by atoms with E-state index in [0.29, 0.717) is 0 Å². The topological polar surface area (TPSA) is 51.6 Å². The molecule has 374 valence electrons. The zero-order valence-electron chi connectivity index (χ0n) is 42.7. The van der Waals surface area contributed by atoms with Crippen LogP contribution in [0.15, 0.2) is 195 Å². The first-order chi connectivity index (χ1) is 34.8. The van der Waals surface area contributed by atoms with Gasteiger partial charge in [-0.1, -0.05) is 133 Å². The van der Waals surface area contributed by atoms with Gasteiger partial charge in [-0.15, -0.1) is 118 Å². The van der Waals surface area contributed by atoms with Crippen LogP contribution in [-0.4, -0.2) is 36.1 Å². The summed E-state index contributed by atoms with van der Waals surface area (Å²) in [4.78, 5) is 17.6. The minimum atomic E-state index is -1.46. The van der Waals surface area contributed by atoms with Gasteiger partial charge in [0.2, 0.25) is 0 Å². The summed E-state index contributed by atoms with van der Waals surface area (Å²) in [6, 6.07) is 71.1. The van der Waals surface area contributed by atoms with Gasteiger partial charge < -0.3 is 19.9 Å². The summed E-state index contributed by atoms with van der Waals surface area (Å²) in [5.41, 5.74) is 10.8. The molecule has 6 heterocycles. The Balaban J connectivity index is 0.000000150. The standard InChI is InChI=1S/2C21H20NSSi.2C11H8N.2Ir/c1-14-11-12-22-17(13-14)15-7-5-8-16-20-18(23-21(15)16)9-6-10-19(20)24(2,3)4;1-14-11-12-22-17(13-14)15-9-10-19(24(2,3)4)20-16-7-5-6-8-18(16)23-21(15)20;2*1-2-6-10(7-3-1)11-8-4-5-9-12-11;;/h5-6,8-13H,1-4H3;5-8,10-13H,1-4H3;2*1-6,8-9H;;/q4*-1;;. The van der Waals surface area contributed by atoms with Crippen molar-refractivity contribution in [1.82, 2.24) is 19.9 Å². The molecule has 0 saturated carbocycles. The van der Waals surface area contributed by atoms with Crippen LogP contribution in [-0.2, 0) is 40.2 Å². The van der Waals surface area contributed by atoms with Gasteiger partial charge in [0.1, 0.15) is 0 Å². The summed E-state index contributed by atoms with van der Waals surface area (Å²) in [6.45, 7) is 18.7. The zero-order valence-corrected chi connectivity index (χ0v) is 51.2. The van der Waals surface area contributed by atoms with Crippen LogP contribution in [0, 0.1) is 38.1 Å². The van der Waals surface area contributed by atoms with E-state index in [1.165, 1.54) is 56.7 Å². The molecule has 12 aromatic rings. The first-order valence-electron chi connectivity index (χ1n) is 24.2. The van der Waals surface area contributed by atoms with Crippen LogP contribution < -0.4 is 10.4 Å². The normalized spacial score (nSPS) is 11.0. The van der Waals surface area contributed by atoms with Gasteiger partial charge in [0.15, 0.2) is 0 Å². The van der Waals surface area contributed by atoms with Gasteiger partial charge >= 0.3 is 0 Å². The Morgan fingerprint density at radius 2 is 0.905 bits per heavy atom. The fraction of sp³-hybridized carbons (Fsp3) is 0.125. The number of thiophene rings is 2. The summed E-state index contributed by atoms with van der Waals surface area (Å²) in [5, 5.41) is 8.63. The second-order valence-electron chi connectivity index (χ2n) is 19.7. The second-order valence-corrected chi connectivity index (χ2v) is 31.9. The Hall–Kier alpha value is -5.91. The average molecular weight is 1390 g/mol. The van der Waals surface area contributed by atoms with Crippen LogP contribution >= 0.6 is 22.7 Å². The molecular formula is C64H56Ir2N4S2Si2-4. The third kappa shape index (κ3) is 13.1. The summed E-state index contributed by atoms with van der Waals surface area (Å²) in [5.74, 6) is 0. The Bertz CT molecular complexity index is 3590. The molecule has 0 unspecified atom stereocenters. The second kappa shape index (κ2) is 25.1. The number of fused-ring (bicyclic) bond motifs is 6. The molecule has 0 saturated heterocycles. The van der Waals surface area contributed by atoms with Crippen LogP contribution in [0.4, 0.5) is 0 Å². The van der Waals surface area contributed by atoms with Crippen molar-refractivity contribution in [2.45, 2.75) is 53.1 Å². The molecule has 2 radical (unpaired) electrons. The molecule has 0 aliphatic carbocycles. The third-order valence-electron chi connectivity index (χ3n) is 12.2. The van der Waals surface area contributed by atoms with E-state index in [2.05, 4.69) is 170 Å². The molecule has 0 fully saturated rings. The van der Waals surface area contributed by atoms with E-state index in [1.54, 1.807) is 17.6 Å². The molecule has 6 aromatic heterocycles. The number of aromatic nitrogens is 4. The molecule has 0 N–H and O–H groups in total. The monoisotopic (exact) mass is 1390 g/mol. The summed E-state index contributed by atoms with van der Waals surface area (Å²) >= 11 is 3.74. The number of benzene rings is 6. The molecule has 0 aliphatic heterocycles. The molecule has 6 aromatic carbocycles. The number of hydrogen-bond donors (Lipinski definition) is 0. The van der Waals surface area contributed by atoms with Gasteiger partial charge in [-0.25, -0.2) is 0 Å². The predicted molar refractivity (Wildman–Crippen MR) is 315 cm³/mol. The largest absolute Gasteiger partial charge is 0.305 e. The van der Waals surface area contributed by atoms with Gasteiger partial charge in [-0.3, -0.25) is 0 Å². The number of rotatable bonds is 6. The van der Waals surface area contributed by atoms with Crippen molar-refractivity contribution in [3.8, 4) is 45.0 Å². The molecule has 0 spiro atoms. The molecule has 12 rings (SSSR count). The van der Waals surface area contributed by atoms with Crippen molar-refractivity contribution in [3.05, 3.63) is 230 Å². The summed E-state index contributed by atoms with van der Waals surface area (Å²) in [6.07, 6.45) is 7.36. The van der Waals surface area contributed by atoms with Crippen LogP contribution in [0.3, 0.4) is 0 Å². The van der Waals surface area contributed by atoms with E-state index in [1.807, 2.05) is 132 Å². The fourth-order valence-electron chi connectivity index (χ4n) is 8.65. The molecule has 10 heteroatoms. The van der Waals surface area contributed by atoms with E-state index in [9.17, 15) is 0 Å². The maximum atomic E-state index is 4.61. The number of hydrogen-bond acceptors (Lipinski definition) is 6. The van der Waals surface area contributed by atoms with Crippen molar-refractivity contribution >= 4 is 89.5 Å². The Kier molecular flexibility index (Phi) is 18.9. The van der Waals surface area contributed by atoms with Gasteiger partial charge in [0.05, 0.1) is 8.07 Å². The van der Waals surface area contributed by atoms with E-state index in [0.717, 1.165) is 45.0 Å². The van der Waals surface area contributed by atoms with Crippen molar-refractivity contribution < 1.29 is 40.2 Å². The van der Waals surface area contributed by atoms with Gasteiger partial charge in [-0.05, 0) is 93.2 Å². The minimum absolute atomic E-state index is 0. The van der Waals surface area contributed by atoms with Crippen LogP contribution in [0.5, 0.6) is 0 Å². The maximum Gasteiger partial charge on any atom is 0.0783 e. The van der Waals surface area contributed by atoms with Crippen LogP contribution in [0.2, 0.25) is 39.3 Å². The zero-order chi connectivity index (χ0) is 50.2. The quantitative estimate of drug-likeness (QED) is 0.123. The number of nitrogens with zero attached hydrogens (tertiary/aromatic N) is 4. The van der Waals surface area contributed by atoms with E-state index >= 15 is 0 Å². The predicted octanol–water partition coefficient (Wildman–Crippen LogP) is 16.6. The van der Waals surface area contributed by atoms with Gasteiger partial charge in [-0.2, -0.15) is 22.7 Å². The Labute approximate surface area is 473 Å². The summed E-state index contributed by atoms with van der Waals surface area (Å²) < 4.78 is 5.35. The molecule has 4 nitrogen and oxygen atoms in total. The fourth-order valence-corrected chi connectivity index (χ4v) is 14.4. The van der Waals surface area contributed by atoms with Crippen molar-refractivity contribution in [2.24, 2.45) is 0 Å². The van der Waals surface area contributed by atoms with Crippen molar-refractivity contribution in [2.75, 3.05) is 0 Å². The van der Waals surface area contributed by atoms with E-state index < -0.39 is 16.1 Å². The molecule has 0 bridgehead atoms. The van der Waals surface area contributed by atoms with Gasteiger partial charge in [0, 0.05) is 82.5 Å².